The van der Waals surface area contributed by atoms with Gasteiger partial charge in [0.1, 0.15) is 5.82 Å². The molecule has 0 atom stereocenters. The number of nitrogens with one attached hydrogen (secondary N) is 1. The van der Waals surface area contributed by atoms with Crippen molar-refractivity contribution in [3.63, 3.8) is 0 Å². The molecule has 0 spiro atoms. The van der Waals surface area contributed by atoms with Gasteiger partial charge in [0.05, 0.1) is 10.9 Å². The third-order valence-corrected chi connectivity index (χ3v) is 2.46. The predicted molar refractivity (Wildman–Crippen MR) is 64.6 cm³/mol. The predicted octanol–water partition coefficient (Wildman–Crippen LogP) is 1.03. The highest BCUT2D eigenvalue weighted by Crippen LogP contribution is 2.05. The maximum absolute atomic E-state index is 11.7. The zero-order valence-electron chi connectivity index (χ0n) is 9.53. The molecule has 1 N–H and O–H groups in total. The molecule has 0 radical (unpaired) electrons. The number of aromatic amines is 1. The van der Waals surface area contributed by atoms with E-state index in [1.165, 1.54) is 0 Å². The second kappa shape index (κ2) is 4.45. The van der Waals surface area contributed by atoms with E-state index >= 15 is 0 Å². The fourth-order valence-electron chi connectivity index (χ4n) is 1.58. The SMILES string of the molecule is CN(C)CCc1nc2ccccc2c(=O)[nH]1. The van der Waals surface area contributed by atoms with E-state index in [-0.39, 0.29) is 5.56 Å². The van der Waals surface area contributed by atoms with Crippen molar-refractivity contribution >= 4 is 10.9 Å². The Morgan fingerprint density at radius 3 is 2.81 bits per heavy atom. The number of hydrogen-bond acceptors (Lipinski definition) is 3. The molecule has 2 rings (SSSR count). The zero-order valence-corrected chi connectivity index (χ0v) is 9.53. The summed E-state index contributed by atoms with van der Waals surface area (Å²) in [6.07, 6.45) is 0.757. The molecule has 2 aromatic rings. The standard InChI is InChI=1S/C12H15N3O/c1-15(2)8-7-11-13-10-6-4-3-5-9(10)12(16)14-11/h3-6H,7-8H2,1-2H3,(H,13,14,16). The third kappa shape index (κ3) is 2.28. The lowest BCUT2D eigenvalue weighted by Crippen LogP contribution is -2.19. The topological polar surface area (TPSA) is 49.0 Å². The van der Waals surface area contributed by atoms with Crippen LogP contribution in [0, 0.1) is 0 Å². The largest absolute Gasteiger partial charge is 0.310 e. The van der Waals surface area contributed by atoms with E-state index in [1.807, 2.05) is 32.3 Å². The Bertz CT molecular complexity index is 545. The average molecular weight is 217 g/mol. The van der Waals surface area contributed by atoms with Gasteiger partial charge in [0, 0.05) is 13.0 Å². The molecule has 0 saturated carbocycles. The highest BCUT2D eigenvalue weighted by molar-refractivity contribution is 5.77. The fraction of sp³-hybridized carbons (Fsp3) is 0.333. The van der Waals surface area contributed by atoms with Gasteiger partial charge >= 0.3 is 0 Å². The molecule has 0 aliphatic rings. The van der Waals surface area contributed by atoms with Crippen LogP contribution in [0.25, 0.3) is 10.9 Å². The number of aromatic nitrogens is 2. The molecule has 4 nitrogen and oxygen atoms in total. The number of nitrogens with zero attached hydrogens (tertiary/aromatic N) is 2. The van der Waals surface area contributed by atoms with Crippen molar-refractivity contribution in [1.82, 2.24) is 14.9 Å². The van der Waals surface area contributed by atoms with E-state index in [1.54, 1.807) is 6.07 Å². The molecular formula is C12H15N3O. The van der Waals surface area contributed by atoms with Crippen LogP contribution in [0.4, 0.5) is 0 Å². The van der Waals surface area contributed by atoms with E-state index in [0.717, 1.165) is 24.3 Å². The van der Waals surface area contributed by atoms with E-state index in [2.05, 4.69) is 14.9 Å². The van der Waals surface area contributed by atoms with Crippen LogP contribution in [0.5, 0.6) is 0 Å². The van der Waals surface area contributed by atoms with Crippen molar-refractivity contribution in [3.8, 4) is 0 Å². The molecule has 16 heavy (non-hydrogen) atoms. The average Bonchev–Trinajstić information content (AvgIpc) is 2.26. The number of likely N-dealkylation sites (N-methyl/N-ethyl adjacent to an activating group) is 1. The van der Waals surface area contributed by atoms with Crippen LogP contribution in [-0.2, 0) is 6.42 Å². The molecule has 4 heteroatoms. The summed E-state index contributed by atoms with van der Waals surface area (Å²) in [5.41, 5.74) is 0.708. The van der Waals surface area contributed by atoms with Gasteiger partial charge in [0.2, 0.25) is 0 Å². The Morgan fingerprint density at radius 2 is 2.06 bits per heavy atom. The molecule has 1 heterocycles. The molecule has 0 bridgehead atoms. The molecule has 0 saturated heterocycles. The Morgan fingerprint density at radius 1 is 1.31 bits per heavy atom. The minimum absolute atomic E-state index is 0.0562. The minimum atomic E-state index is -0.0562. The molecule has 0 unspecified atom stereocenters. The van der Waals surface area contributed by atoms with E-state index in [9.17, 15) is 4.79 Å². The Balaban J connectivity index is 2.38. The maximum Gasteiger partial charge on any atom is 0.258 e. The van der Waals surface area contributed by atoms with Gasteiger partial charge in [-0.3, -0.25) is 4.79 Å². The molecule has 0 aliphatic carbocycles. The fourth-order valence-corrected chi connectivity index (χ4v) is 1.58. The maximum atomic E-state index is 11.7. The lowest BCUT2D eigenvalue weighted by atomic mass is 10.2. The van der Waals surface area contributed by atoms with Gasteiger partial charge in [-0.25, -0.2) is 4.98 Å². The summed E-state index contributed by atoms with van der Waals surface area (Å²) in [6, 6.07) is 7.39. The summed E-state index contributed by atoms with van der Waals surface area (Å²) in [7, 11) is 4.00. The van der Waals surface area contributed by atoms with Crippen molar-refractivity contribution in [2.45, 2.75) is 6.42 Å². The van der Waals surface area contributed by atoms with Crippen molar-refractivity contribution in [2.75, 3.05) is 20.6 Å². The number of para-hydroxylation sites is 1. The van der Waals surface area contributed by atoms with E-state index < -0.39 is 0 Å². The van der Waals surface area contributed by atoms with Gasteiger partial charge in [-0.2, -0.15) is 0 Å². The summed E-state index contributed by atoms with van der Waals surface area (Å²) >= 11 is 0. The third-order valence-electron chi connectivity index (χ3n) is 2.46. The summed E-state index contributed by atoms with van der Waals surface area (Å²) in [5, 5.41) is 0.649. The van der Waals surface area contributed by atoms with Crippen LogP contribution in [0.2, 0.25) is 0 Å². The van der Waals surface area contributed by atoms with Crippen LogP contribution in [-0.4, -0.2) is 35.5 Å². The Labute approximate surface area is 93.9 Å². The second-order valence-corrected chi connectivity index (χ2v) is 4.08. The summed E-state index contributed by atoms with van der Waals surface area (Å²) < 4.78 is 0. The number of H-pyrrole nitrogens is 1. The molecular weight excluding hydrogens is 202 g/mol. The van der Waals surface area contributed by atoms with Crippen molar-refractivity contribution in [1.29, 1.82) is 0 Å². The highest BCUT2D eigenvalue weighted by Gasteiger charge is 2.03. The molecule has 0 fully saturated rings. The van der Waals surface area contributed by atoms with Crippen molar-refractivity contribution < 1.29 is 0 Å². The smallest absolute Gasteiger partial charge is 0.258 e. The second-order valence-electron chi connectivity index (χ2n) is 4.08. The Kier molecular flexibility index (Phi) is 3.01. The number of benzene rings is 1. The minimum Gasteiger partial charge on any atom is -0.310 e. The lowest BCUT2D eigenvalue weighted by molar-refractivity contribution is 0.409. The van der Waals surface area contributed by atoms with Crippen LogP contribution in [0.3, 0.4) is 0 Å². The molecule has 84 valence electrons. The number of fused-ring (bicyclic) bond motifs is 1. The monoisotopic (exact) mass is 217 g/mol. The molecule has 1 aromatic carbocycles. The first kappa shape index (κ1) is 10.8. The van der Waals surface area contributed by atoms with Gasteiger partial charge in [-0.05, 0) is 26.2 Å². The molecule has 0 aliphatic heterocycles. The lowest BCUT2D eigenvalue weighted by Gasteiger charge is -2.08. The summed E-state index contributed by atoms with van der Waals surface area (Å²) in [6.45, 7) is 0.876. The molecule has 1 aromatic heterocycles. The van der Waals surface area contributed by atoms with Gasteiger partial charge in [0.15, 0.2) is 0 Å². The van der Waals surface area contributed by atoms with Crippen LogP contribution < -0.4 is 5.56 Å². The number of rotatable bonds is 3. The van der Waals surface area contributed by atoms with Crippen LogP contribution in [0.15, 0.2) is 29.1 Å². The van der Waals surface area contributed by atoms with Crippen molar-refractivity contribution in [3.05, 3.63) is 40.4 Å². The van der Waals surface area contributed by atoms with Crippen LogP contribution in [0.1, 0.15) is 5.82 Å². The molecule has 0 amide bonds. The first-order chi connectivity index (χ1) is 7.66. The van der Waals surface area contributed by atoms with Gasteiger partial charge < -0.3 is 9.88 Å². The summed E-state index contributed by atoms with van der Waals surface area (Å²) in [5.74, 6) is 0.748. The summed E-state index contributed by atoms with van der Waals surface area (Å²) in [4.78, 5) is 21.0. The zero-order chi connectivity index (χ0) is 11.5. The normalized spacial score (nSPS) is 11.2. The van der Waals surface area contributed by atoms with Gasteiger partial charge in [-0.15, -0.1) is 0 Å². The van der Waals surface area contributed by atoms with Crippen LogP contribution >= 0.6 is 0 Å². The quantitative estimate of drug-likeness (QED) is 0.835. The Hall–Kier alpha value is -1.68. The highest BCUT2D eigenvalue weighted by atomic mass is 16.1. The van der Waals surface area contributed by atoms with Gasteiger partial charge in [-0.1, -0.05) is 12.1 Å². The van der Waals surface area contributed by atoms with Crippen molar-refractivity contribution in [2.24, 2.45) is 0 Å². The first-order valence-corrected chi connectivity index (χ1v) is 5.29. The number of hydrogen-bond donors (Lipinski definition) is 1. The van der Waals surface area contributed by atoms with E-state index in [0.29, 0.717) is 5.39 Å². The van der Waals surface area contributed by atoms with Gasteiger partial charge in [0.25, 0.3) is 5.56 Å². The van der Waals surface area contributed by atoms with E-state index in [4.69, 9.17) is 0 Å². The first-order valence-electron chi connectivity index (χ1n) is 5.29.